The first kappa shape index (κ1) is 18.1. The van der Waals surface area contributed by atoms with Crippen molar-refractivity contribution in [1.29, 1.82) is 0 Å². The summed E-state index contributed by atoms with van der Waals surface area (Å²) in [7, 11) is 0. The molecular formula is C21H28N4O3. The van der Waals surface area contributed by atoms with Gasteiger partial charge in [0, 0.05) is 11.8 Å². The molecule has 1 N–H and O–H groups in total. The summed E-state index contributed by atoms with van der Waals surface area (Å²) in [6.45, 7) is 1.01. The molecule has 4 unspecified atom stereocenters. The van der Waals surface area contributed by atoms with E-state index in [1.54, 1.807) is 0 Å². The minimum atomic E-state index is -0.133. The Labute approximate surface area is 165 Å². The Hall–Kier alpha value is -1.99. The highest BCUT2D eigenvalue weighted by Crippen LogP contribution is 2.34. The van der Waals surface area contributed by atoms with Gasteiger partial charge in [-0.3, -0.25) is 4.79 Å². The molecule has 0 radical (unpaired) electrons. The molecule has 3 fully saturated rings. The van der Waals surface area contributed by atoms with Crippen LogP contribution in [0.2, 0.25) is 0 Å². The average molecular weight is 384 g/mol. The van der Waals surface area contributed by atoms with Crippen LogP contribution in [0.3, 0.4) is 0 Å². The Bertz CT molecular complexity index is 780. The van der Waals surface area contributed by atoms with E-state index in [9.17, 15) is 4.79 Å². The van der Waals surface area contributed by atoms with Crippen molar-refractivity contribution < 1.29 is 14.3 Å². The van der Waals surface area contributed by atoms with Gasteiger partial charge in [-0.25, -0.2) is 4.68 Å². The van der Waals surface area contributed by atoms with E-state index in [4.69, 9.17) is 9.47 Å². The summed E-state index contributed by atoms with van der Waals surface area (Å²) in [6.07, 6.45) is 16.1. The van der Waals surface area contributed by atoms with Gasteiger partial charge in [0.25, 0.3) is 5.91 Å². The lowest BCUT2D eigenvalue weighted by molar-refractivity contribution is -0.118. The second kappa shape index (κ2) is 7.79. The Kier molecular flexibility index (Phi) is 5.03. The lowest BCUT2D eigenvalue weighted by Gasteiger charge is -2.20. The quantitative estimate of drug-likeness (QED) is 0.841. The average Bonchev–Trinajstić information content (AvgIpc) is 3.49. The third kappa shape index (κ3) is 3.53. The van der Waals surface area contributed by atoms with Crippen LogP contribution in [0.25, 0.3) is 0 Å². The van der Waals surface area contributed by atoms with Crippen LogP contribution in [0.5, 0.6) is 0 Å². The molecule has 0 spiro atoms. The zero-order valence-electron chi connectivity index (χ0n) is 16.1. The summed E-state index contributed by atoms with van der Waals surface area (Å²) in [4.78, 5) is 12.4. The van der Waals surface area contributed by atoms with Crippen molar-refractivity contribution >= 4 is 5.91 Å². The van der Waals surface area contributed by atoms with Crippen LogP contribution in [0, 0.1) is 5.92 Å². The number of nitrogens with one attached hydrogen (secondary N) is 1. The van der Waals surface area contributed by atoms with E-state index in [1.165, 1.54) is 32.1 Å². The molecule has 1 aromatic heterocycles. The van der Waals surface area contributed by atoms with Gasteiger partial charge in [-0.1, -0.05) is 55.5 Å². The molecule has 5 rings (SSSR count). The summed E-state index contributed by atoms with van der Waals surface area (Å²) in [5, 5.41) is 11.8. The maximum atomic E-state index is 12.4. The fraction of sp³-hybridized carbons (Fsp3) is 0.667. The molecule has 4 aliphatic rings. The molecule has 1 amide bonds. The lowest BCUT2D eigenvalue weighted by Crippen LogP contribution is -2.44. The number of carbonyl (C=O) groups is 1. The highest BCUT2D eigenvalue weighted by atomic mass is 16.6. The lowest BCUT2D eigenvalue weighted by atomic mass is 9.86. The Morgan fingerprint density at radius 2 is 2.04 bits per heavy atom. The second-order valence-electron chi connectivity index (χ2n) is 8.44. The van der Waals surface area contributed by atoms with Crippen molar-refractivity contribution in [2.45, 2.75) is 69.2 Å². The Morgan fingerprint density at radius 3 is 2.86 bits per heavy atom. The van der Waals surface area contributed by atoms with E-state index in [-0.39, 0.29) is 30.2 Å². The largest absolute Gasteiger partial charge is 0.371 e. The summed E-state index contributed by atoms with van der Waals surface area (Å²) >= 11 is 0. The number of rotatable bonds is 5. The van der Waals surface area contributed by atoms with E-state index in [1.807, 2.05) is 22.9 Å². The summed E-state index contributed by atoms with van der Waals surface area (Å²) < 4.78 is 13.9. The van der Waals surface area contributed by atoms with E-state index < -0.39 is 0 Å². The monoisotopic (exact) mass is 384 g/mol. The maximum absolute atomic E-state index is 12.4. The van der Waals surface area contributed by atoms with Crippen LogP contribution in [0.15, 0.2) is 30.0 Å². The first-order valence-electron chi connectivity index (χ1n) is 10.6. The van der Waals surface area contributed by atoms with E-state index in [0.717, 1.165) is 30.0 Å². The van der Waals surface area contributed by atoms with Crippen LogP contribution >= 0.6 is 0 Å². The number of allylic oxidation sites excluding steroid dienone is 2. The second-order valence-corrected chi connectivity index (χ2v) is 8.44. The molecule has 2 aliphatic carbocycles. The molecule has 1 aromatic rings. The van der Waals surface area contributed by atoms with Gasteiger partial charge in [-0.2, -0.15) is 0 Å². The van der Waals surface area contributed by atoms with E-state index in [0.29, 0.717) is 13.2 Å². The van der Waals surface area contributed by atoms with Gasteiger partial charge < -0.3 is 14.8 Å². The van der Waals surface area contributed by atoms with Gasteiger partial charge >= 0.3 is 0 Å². The molecule has 0 bridgehead atoms. The topological polar surface area (TPSA) is 78.3 Å². The zero-order chi connectivity index (χ0) is 18.9. The van der Waals surface area contributed by atoms with Gasteiger partial charge in [0.15, 0.2) is 0 Å². The number of hydrogen-bond acceptors (Lipinski definition) is 5. The minimum absolute atomic E-state index is 0.0186. The molecule has 4 atom stereocenters. The van der Waals surface area contributed by atoms with Crippen molar-refractivity contribution in [2.24, 2.45) is 5.92 Å². The van der Waals surface area contributed by atoms with Crippen LogP contribution in [-0.4, -0.2) is 52.4 Å². The number of fused-ring (bicyclic) bond motifs is 1. The van der Waals surface area contributed by atoms with Crippen molar-refractivity contribution in [1.82, 2.24) is 20.3 Å². The highest BCUT2D eigenvalue weighted by Gasteiger charge is 2.49. The van der Waals surface area contributed by atoms with Gasteiger partial charge in [-0.05, 0) is 18.8 Å². The molecule has 2 aliphatic heterocycles. The Morgan fingerprint density at radius 1 is 1.18 bits per heavy atom. The summed E-state index contributed by atoms with van der Waals surface area (Å²) in [5.74, 6) is 0.693. The van der Waals surface area contributed by atoms with Gasteiger partial charge in [0.1, 0.15) is 18.2 Å². The van der Waals surface area contributed by atoms with Crippen molar-refractivity contribution in [3.05, 3.63) is 35.7 Å². The Balaban J connectivity index is 1.20. The standard InChI is InChI=1S/C21H28N4O3/c26-21(15-8-4-5-9-15)22-17-12-27-20-18(13-28-19(17)20)25-11-16(23-24-25)10-14-6-2-1-3-7-14/h4,8-9,11,14,17-20H,1-3,5-7,10,12-13H2,(H,22,26). The van der Waals surface area contributed by atoms with E-state index in [2.05, 4.69) is 21.8 Å². The van der Waals surface area contributed by atoms with Gasteiger partial charge in [0.05, 0.1) is 24.9 Å². The molecule has 150 valence electrons. The zero-order valence-corrected chi connectivity index (χ0v) is 16.1. The SMILES string of the molecule is O=C(NC1COC2C1OCC2n1cc(CC2CCCCC2)nn1)C1=CCC=C1. The predicted molar refractivity (Wildman–Crippen MR) is 103 cm³/mol. The van der Waals surface area contributed by atoms with E-state index >= 15 is 0 Å². The normalized spacial score (nSPS) is 32.5. The number of ether oxygens (including phenoxy) is 2. The third-order valence-corrected chi connectivity index (χ3v) is 6.50. The smallest absolute Gasteiger partial charge is 0.251 e. The molecule has 7 nitrogen and oxygen atoms in total. The summed E-state index contributed by atoms with van der Waals surface area (Å²) in [5.41, 5.74) is 1.79. The van der Waals surface area contributed by atoms with Crippen LogP contribution in [-0.2, 0) is 20.7 Å². The first-order valence-corrected chi connectivity index (χ1v) is 10.6. The highest BCUT2D eigenvalue weighted by molar-refractivity contribution is 5.97. The van der Waals surface area contributed by atoms with Crippen molar-refractivity contribution in [2.75, 3.05) is 13.2 Å². The van der Waals surface area contributed by atoms with Crippen LogP contribution in [0.4, 0.5) is 0 Å². The molecular weight excluding hydrogens is 356 g/mol. The first-order chi connectivity index (χ1) is 13.8. The molecule has 3 heterocycles. The molecule has 0 aromatic carbocycles. The van der Waals surface area contributed by atoms with Crippen LogP contribution < -0.4 is 5.32 Å². The minimum Gasteiger partial charge on any atom is -0.371 e. The number of carbonyl (C=O) groups excluding carboxylic acids is 1. The van der Waals surface area contributed by atoms with Crippen LogP contribution in [0.1, 0.15) is 50.3 Å². The number of aromatic nitrogens is 3. The summed E-state index contributed by atoms with van der Waals surface area (Å²) in [6, 6.07) is -0.104. The number of amides is 1. The van der Waals surface area contributed by atoms with Gasteiger partial charge in [-0.15, -0.1) is 5.10 Å². The predicted octanol–water partition coefficient (Wildman–Crippen LogP) is 2.11. The van der Waals surface area contributed by atoms with Crippen molar-refractivity contribution in [3.63, 3.8) is 0 Å². The fourth-order valence-electron chi connectivity index (χ4n) is 4.96. The number of nitrogens with zero attached hydrogens (tertiary/aromatic N) is 3. The third-order valence-electron chi connectivity index (χ3n) is 6.50. The van der Waals surface area contributed by atoms with Gasteiger partial charge in [0.2, 0.25) is 0 Å². The fourth-order valence-corrected chi connectivity index (χ4v) is 4.96. The molecule has 2 saturated heterocycles. The molecule has 28 heavy (non-hydrogen) atoms. The molecule has 1 saturated carbocycles. The van der Waals surface area contributed by atoms with Crippen molar-refractivity contribution in [3.8, 4) is 0 Å². The molecule has 7 heteroatoms. The number of hydrogen-bond donors (Lipinski definition) is 1. The maximum Gasteiger partial charge on any atom is 0.251 e.